The van der Waals surface area contributed by atoms with Crippen LogP contribution in [0.1, 0.15) is 33.3 Å². The van der Waals surface area contributed by atoms with Crippen molar-refractivity contribution in [3.63, 3.8) is 0 Å². The van der Waals surface area contributed by atoms with E-state index in [-0.39, 0.29) is 24.0 Å². The average molecular weight is 339 g/mol. The van der Waals surface area contributed by atoms with Crippen molar-refractivity contribution in [1.82, 2.24) is 0 Å². The second-order valence-corrected chi connectivity index (χ2v) is 7.46. The van der Waals surface area contributed by atoms with Crippen molar-refractivity contribution in [3.05, 3.63) is 54.1 Å². The summed E-state index contributed by atoms with van der Waals surface area (Å²) in [5, 5.41) is 0. The Bertz CT molecular complexity index is 749. The zero-order chi connectivity index (χ0) is 18.0. The van der Waals surface area contributed by atoms with E-state index >= 15 is 0 Å². The third kappa shape index (κ3) is 3.78. The van der Waals surface area contributed by atoms with Crippen LogP contribution in [0.4, 0.5) is 5.69 Å². The van der Waals surface area contributed by atoms with Crippen LogP contribution in [-0.4, -0.2) is 25.2 Å². The van der Waals surface area contributed by atoms with Gasteiger partial charge in [0.05, 0.1) is 11.7 Å². The third-order valence-electron chi connectivity index (χ3n) is 4.38. The van der Waals surface area contributed by atoms with Crippen molar-refractivity contribution < 1.29 is 14.3 Å². The Balaban J connectivity index is 1.84. The summed E-state index contributed by atoms with van der Waals surface area (Å²) >= 11 is 0. The van der Waals surface area contributed by atoms with Crippen LogP contribution < -0.4 is 14.4 Å². The zero-order valence-electron chi connectivity index (χ0n) is 15.3. The van der Waals surface area contributed by atoms with Gasteiger partial charge >= 0.3 is 0 Å². The van der Waals surface area contributed by atoms with Crippen LogP contribution in [0.25, 0.3) is 0 Å². The number of benzene rings is 2. The molecule has 4 nitrogen and oxygen atoms in total. The normalized spacial score (nSPS) is 16.8. The first-order valence-corrected chi connectivity index (χ1v) is 8.63. The van der Waals surface area contributed by atoms with Gasteiger partial charge in [-0.25, -0.2) is 0 Å². The van der Waals surface area contributed by atoms with Crippen molar-refractivity contribution in [3.8, 4) is 11.5 Å². The fourth-order valence-corrected chi connectivity index (χ4v) is 2.93. The minimum Gasteiger partial charge on any atom is -0.489 e. The molecule has 0 aromatic heterocycles. The molecule has 0 N–H and O–H groups in total. The van der Waals surface area contributed by atoms with Gasteiger partial charge in [0, 0.05) is 0 Å². The number of carbonyl (C=O) groups is 1. The Hall–Kier alpha value is -2.49. The molecule has 0 radical (unpaired) electrons. The number of hydrogen-bond acceptors (Lipinski definition) is 3. The smallest absolute Gasteiger partial charge is 0.265 e. The minimum absolute atomic E-state index is 0.00493. The Morgan fingerprint density at radius 2 is 1.92 bits per heavy atom. The lowest BCUT2D eigenvalue weighted by Gasteiger charge is -2.36. The van der Waals surface area contributed by atoms with Gasteiger partial charge in [-0.2, -0.15) is 0 Å². The first kappa shape index (κ1) is 17.3. The second-order valence-electron chi connectivity index (χ2n) is 7.46. The van der Waals surface area contributed by atoms with Crippen molar-refractivity contribution >= 4 is 11.6 Å². The molecule has 0 saturated heterocycles. The van der Waals surface area contributed by atoms with E-state index in [1.165, 1.54) is 5.56 Å². The molecule has 1 unspecified atom stereocenters. The van der Waals surface area contributed by atoms with E-state index < -0.39 is 0 Å². The van der Waals surface area contributed by atoms with Crippen LogP contribution in [0.5, 0.6) is 11.5 Å². The van der Waals surface area contributed by atoms with E-state index in [1.807, 2.05) is 43.3 Å². The Kier molecular flexibility index (Phi) is 4.71. The fourth-order valence-electron chi connectivity index (χ4n) is 2.93. The van der Waals surface area contributed by atoms with Crippen molar-refractivity contribution in [1.29, 1.82) is 0 Å². The maximum absolute atomic E-state index is 12.9. The molecule has 0 bridgehead atoms. The quantitative estimate of drug-likeness (QED) is 0.842. The van der Waals surface area contributed by atoms with E-state index in [4.69, 9.17) is 9.47 Å². The summed E-state index contributed by atoms with van der Waals surface area (Å²) in [5.41, 5.74) is 2.00. The molecule has 3 rings (SSSR count). The highest BCUT2D eigenvalue weighted by Gasteiger charge is 2.31. The standard InChI is InChI=1S/C21H25NO3/c1-15-13-25-19-11-10-16(21(2,3)4)12-18(19)22(15)20(23)14-24-17-8-6-5-7-9-17/h5-12,15H,13-14H2,1-4H3. The van der Waals surface area contributed by atoms with E-state index in [1.54, 1.807) is 4.90 Å². The molecule has 0 aliphatic carbocycles. The number of fused-ring (bicyclic) bond motifs is 1. The van der Waals surface area contributed by atoms with Crippen molar-refractivity contribution in [2.45, 2.75) is 39.2 Å². The molecule has 1 aliphatic heterocycles. The van der Waals surface area contributed by atoms with Gasteiger partial charge < -0.3 is 9.47 Å². The summed E-state index contributed by atoms with van der Waals surface area (Å²) in [6, 6.07) is 15.5. The number of rotatable bonds is 3. The molecule has 1 aliphatic rings. The molecule has 2 aromatic rings. The summed E-state index contributed by atoms with van der Waals surface area (Å²) in [5.74, 6) is 1.38. The molecule has 1 amide bonds. The van der Waals surface area contributed by atoms with Crippen LogP contribution in [0.15, 0.2) is 48.5 Å². The highest BCUT2D eigenvalue weighted by molar-refractivity contribution is 5.97. The van der Waals surface area contributed by atoms with Gasteiger partial charge in [0.1, 0.15) is 18.1 Å². The second kappa shape index (κ2) is 6.79. The maximum Gasteiger partial charge on any atom is 0.265 e. The lowest BCUT2D eigenvalue weighted by Crippen LogP contribution is -2.47. The van der Waals surface area contributed by atoms with E-state index in [0.29, 0.717) is 12.4 Å². The van der Waals surface area contributed by atoms with Gasteiger partial charge in [-0.3, -0.25) is 9.69 Å². The van der Waals surface area contributed by atoms with Gasteiger partial charge in [-0.1, -0.05) is 45.0 Å². The SMILES string of the molecule is CC1COc2ccc(C(C)(C)C)cc2N1C(=O)COc1ccccc1. The molecular formula is C21H25NO3. The lowest BCUT2D eigenvalue weighted by atomic mass is 9.86. The van der Waals surface area contributed by atoms with Crippen LogP contribution in [0.3, 0.4) is 0 Å². The van der Waals surface area contributed by atoms with E-state index in [0.717, 1.165) is 11.4 Å². The number of nitrogens with zero attached hydrogens (tertiary/aromatic N) is 1. The Morgan fingerprint density at radius 3 is 2.60 bits per heavy atom. The number of amides is 1. The summed E-state index contributed by atoms with van der Waals surface area (Å²) < 4.78 is 11.5. The molecule has 132 valence electrons. The average Bonchev–Trinajstić information content (AvgIpc) is 2.59. The molecule has 25 heavy (non-hydrogen) atoms. The molecule has 4 heteroatoms. The molecule has 1 atom stereocenters. The molecule has 2 aromatic carbocycles. The Labute approximate surface area is 149 Å². The van der Waals surface area contributed by atoms with Crippen molar-refractivity contribution in [2.75, 3.05) is 18.1 Å². The van der Waals surface area contributed by atoms with Gasteiger partial charge in [0.15, 0.2) is 6.61 Å². The number of anilines is 1. The lowest BCUT2D eigenvalue weighted by molar-refractivity contribution is -0.121. The van der Waals surface area contributed by atoms with Gasteiger partial charge in [0.25, 0.3) is 5.91 Å². The zero-order valence-corrected chi connectivity index (χ0v) is 15.3. The van der Waals surface area contributed by atoms with Crippen molar-refractivity contribution in [2.24, 2.45) is 0 Å². The predicted octanol–water partition coefficient (Wildman–Crippen LogP) is 4.18. The molecule has 1 heterocycles. The fraction of sp³-hybridized carbons (Fsp3) is 0.381. The van der Waals surface area contributed by atoms with Gasteiger partial charge in [-0.05, 0) is 42.2 Å². The van der Waals surface area contributed by atoms with Crippen LogP contribution in [0.2, 0.25) is 0 Å². The first-order valence-electron chi connectivity index (χ1n) is 8.63. The summed E-state index contributed by atoms with van der Waals surface area (Å²) in [7, 11) is 0. The third-order valence-corrected chi connectivity index (χ3v) is 4.38. The highest BCUT2D eigenvalue weighted by Crippen LogP contribution is 2.37. The number of para-hydroxylation sites is 1. The largest absolute Gasteiger partial charge is 0.489 e. The first-order chi connectivity index (χ1) is 11.9. The topological polar surface area (TPSA) is 38.8 Å². The van der Waals surface area contributed by atoms with Gasteiger partial charge in [-0.15, -0.1) is 0 Å². The number of carbonyl (C=O) groups excluding carboxylic acids is 1. The van der Waals surface area contributed by atoms with Gasteiger partial charge in [0.2, 0.25) is 0 Å². The summed E-state index contributed by atoms with van der Waals surface area (Å²) in [6.45, 7) is 8.96. The van der Waals surface area contributed by atoms with Crippen LogP contribution in [-0.2, 0) is 10.2 Å². The van der Waals surface area contributed by atoms with Crippen LogP contribution >= 0.6 is 0 Å². The van der Waals surface area contributed by atoms with E-state index in [9.17, 15) is 4.79 Å². The summed E-state index contributed by atoms with van der Waals surface area (Å²) in [4.78, 5) is 14.7. The molecule has 0 saturated carbocycles. The molecule has 0 spiro atoms. The van der Waals surface area contributed by atoms with Crippen LogP contribution in [0, 0.1) is 0 Å². The summed E-state index contributed by atoms with van der Waals surface area (Å²) in [6.07, 6.45) is 0. The highest BCUT2D eigenvalue weighted by atomic mass is 16.5. The minimum atomic E-state index is -0.0630. The monoisotopic (exact) mass is 339 g/mol. The Morgan fingerprint density at radius 1 is 1.20 bits per heavy atom. The molecule has 0 fully saturated rings. The molecular weight excluding hydrogens is 314 g/mol. The maximum atomic E-state index is 12.9. The van der Waals surface area contributed by atoms with E-state index in [2.05, 4.69) is 32.9 Å². The predicted molar refractivity (Wildman–Crippen MR) is 99.5 cm³/mol. The number of hydrogen-bond donors (Lipinski definition) is 0. The number of ether oxygens (including phenoxy) is 2.